The van der Waals surface area contributed by atoms with Gasteiger partial charge in [-0.25, -0.2) is 0 Å². The van der Waals surface area contributed by atoms with Gasteiger partial charge in [-0.15, -0.1) is 0 Å². The maximum atomic E-state index is 12.4. The summed E-state index contributed by atoms with van der Waals surface area (Å²) in [6.45, 7) is 6.96. The van der Waals surface area contributed by atoms with Gasteiger partial charge in [0.2, 0.25) is 0 Å². The second-order valence-electron chi connectivity index (χ2n) is 7.87. The van der Waals surface area contributed by atoms with Crippen molar-refractivity contribution in [2.45, 2.75) is 39.7 Å². The Morgan fingerprint density at radius 2 is 1.73 bits per heavy atom. The Morgan fingerprint density at radius 3 is 2.43 bits per heavy atom. The molecule has 1 atom stereocenters. The van der Waals surface area contributed by atoms with E-state index in [1.165, 1.54) is 0 Å². The summed E-state index contributed by atoms with van der Waals surface area (Å²) in [5.74, 6) is 0.787. The molecule has 0 fully saturated rings. The number of esters is 1. The van der Waals surface area contributed by atoms with Crippen LogP contribution in [0, 0.1) is 12.8 Å². The first-order valence-electron chi connectivity index (χ1n) is 10.3. The van der Waals surface area contributed by atoms with Crippen LogP contribution in [-0.2, 0) is 20.7 Å². The van der Waals surface area contributed by atoms with E-state index in [1.54, 1.807) is 0 Å². The number of carbonyl (C=O) groups is 2. The Kier molecular flexibility index (Phi) is 7.33. The van der Waals surface area contributed by atoms with Crippen LogP contribution in [0.4, 0.5) is 0 Å². The van der Waals surface area contributed by atoms with Crippen LogP contribution in [-0.4, -0.2) is 31.7 Å². The van der Waals surface area contributed by atoms with E-state index in [4.69, 9.17) is 14.2 Å². The first kappa shape index (κ1) is 21.7. The van der Waals surface area contributed by atoms with Gasteiger partial charge in [0, 0.05) is 6.42 Å². The summed E-state index contributed by atoms with van der Waals surface area (Å²) in [5, 5.41) is 2.97. The van der Waals surface area contributed by atoms with Gasteiger partial charge in [-0.2, -0.15) is 0 Å². The summed E-state index contributed by atoms with van der Waals surface area (Å²) in [5.41, 5.74) is 2.91. The van der Waals surface area contributed by atoms with Crippen molar-refractivity contribution in [3.8, 4) is 11.5 Å². The highest BCUT2D eigenvalue weighted by Gasteiger charge is 2.21. The van der Waals surface area contributed by atoms with Crippen molar-refractivity contribution in [1.82, 2.24) is 5.32 Å². The summed E-state index contributed by atoms with van der Waals surface area (Å²) >= 11 is 0. The van der Waals surface area contributed by atoms with Crippen molar-refractivity contribution in [3.05, 3.63) is 59.2 Å². The molecule has 6 heteroatoms. The van der Waals surface area contributed by atoms with Gasteiger partial charge in [0.15, 0.2) is 18.1 Å². The second kappa shape index (κ2) is 10.1. The fourth-order valence-corrected chi connectivity index (χ4v) is 3.29. The minimum absolute atomic E-state index is 0.141. The average Bonchev–Trinajstić information content (AvgIpc) is 2.97. The van der Waals surface area contributed by atoms with E-state index in [2.05, 4.69) is 5.32 Å². The molecule has 2 aromatic rings. The number of amides is 1. The van der Waals surface area contributed by atoms with Crippen molar-refractivity contribution in [1.29, 1.82) is 0 Å². The molecular formula is C24H29NO5. The molecular weight excluding hydrogens is 382 g/mol. The fourth-order valence-electron chi connectivity index (χ4n) is 3.29. The van der Waals surface area contributed by atoms with Crippen LogP contribution in [0.2, 0.25) is 0 Å². The molecule has 0 spiro atoms. The summed E-state index contributed by atoms with van der Waals surface area (Å²) in [6, 6.07) is 13.1. The number of hydrogen-bond donors (Lipinski definition) is 1. The molecule has 1 aliphatic heterocycles. The van der Waals surface area contributed by atoms with Crippen LogP contribution in [0.25, 0.3) is 0 Å². The van der Waals surface area contributed by atoms with Crippen LogP contribution < -0.4 is 14.8 Å². The smallest absolute Gasteiger partial charge is 0.310 e. The molecule has 1 amide bonds. The van der Waals surface area contributed by atoms with Crippen molar-refractivity contribution in [2.75, 3.05) is 19.8 Å². The number of fused-ring (bicyclic) bond motifs is 1. The molecule has 0 aliphatic carbocycles. The van der Waals surface area contributed by atoms with Gasteiger partial charge in [0.25, 0.3) is 5.91 Å². The zero-order chi connectivity index (χ0) is 21.5. The predicted octanol–water partition coefficient (Wildman–Crippen LogP) is 3.76. The Bertz CT molecular complexity index is 876. The number of carbonyl (C=O) groups excluding carboxylic acids is 2. The van der Waals surface area contributed by atoms with E-state index in [-0.39, 0.29) is 30.9 Å². The highest BCUT2D eigenvalue weighted by Crippen LogP contribution is 2.34. The van der Waals surface area contributed by atoms with Crippen molar-refractivity contribution < 1.29 is 23.8 Å². The molecule has 0 aromatic heterocycles. The van der Waals surface area contributed by atoms with Crippen molar-refractivity contribution >= 4 is 11.9 Å². The topological polar surface area (TPSA) is 73.9 Å². The van der Waals surface area contributed by atoms with E-state index in [0.717, 1.165) is 28.9 Å². The van der Waals surface area contributed by atoms with Gasteiger partial charge in [-0.1, -0.05) is 49.7 Å². The average molecular weight is 411 g/mol. The first-order chi connectivity index (χ1) is 14.4. The molecule has 30 heavy (non-hydrogen) atoms. The molecule has 1 heterocycles. The van der Waals surface area contributed by atoms with E-state index in [0.29, 0.717) is 19.0 Å². The summed E-state index contributed by atoms with van der Waals surface area (Å²) in [7, 11) is 0. The largest absolute Gasteiger partial charge is 0.490 e. The van der Waals surface area contributed by atoms with Gasteiger partial charge in [0.05, 0.1) is 25.7 Å². The van der Waals surface area contributed by atoms with Gasteiger partial charge in [-0.05, 0) is 36.1 Å². The molecule has 0 unspecified atom stereocenters. The van der Waals surface area contributed by atoms with Crippen LogP contribution in [0.1, 0.15) is 43.0 Å². The minimum atomic E-state index is -0.425. The normalized spacial score (nSPS) is 14.0. The summed E-state index contributed by atoms with van der Waals surface area (Å²) < 4.78 is 16.6. The number of aryl methyl sites for hydroxylation is 1. The molecule has 3 rings (SSSR count). The lowest BCUT2D eigenvalue weighted by Crippen LogP contribution is -2.35. The number of benzene rings is 2. The van der Waals surface area contributed by atoms with E-state index in [9.17, 15) is 9.59 Å². The van der Waals surface area contributed by atoms with Gasteiger partial charge < -0.3 is 19.5 Å². The second-order valence-corrected chi connectivity index (χ2v) is 7.87. The number of nitrogens with one attached hydrogen (secondary N) is 1. The zero-order valence-electron chi connectivity index (χ0n) is 17.8. The third-order valence-corrected chi connectivity index (χ3v) is 4.95. The van der Waals surface area contributed by atoms with E-state index >= 15 is 0 Å². The van der Waals surface area contributed by atoms with E-state index in [1.807, 2.05) is 63.2 Å². The van der Waals surface area contributed by atoms with Gasteiger partial charge in [-0.3, -0.25) is 9.59 Å². The molecule has 0 bridgehead atoms. The standard InChI is InChI=1S/C24H29NO5/c1-16(2)24(19-9-10-20-21(14-19)29-12-4-11-28-20)25-22(26)15-30-23(27)13-18-7-5-17(3)6-8-18/h5-10,14,16,24H,4,11-13,15H2,1-3H3,(H,25,26)/t24-/m0/s1. The number of ether oxygens (including phenoxy) is 3. The Hall–Kier alpha value is -3.02. The summed E-state index contributed by atoms with van der Waals surface area (Å²) in [6.07, 6.45) is 0.978. The molecule has 0 radical (unpaired) electrons. The first-order valence-corrected chi connectivity index (χ1v) is 10.3. The van der Waals surface area contributed by atoms with Crippen molar-refractivity contribution in [2.24, 2.45) is 5.92 Å². The fraction of sp³-hybridized carbons (Fsp3) is 0.417. The van der Waals surface area contributed by atoms with Crippen LogP contribution in [0.15, 0.2) is 42.5 Å². The van der Waals surface area contributed by atoms with Crippen LogP contribution >= 0.6 is 0 Å². The predicted molar refractivity (Wildman–Crippen MR) is 114 cm³/mol. The Balaban J connectivity index is 1.57. The third kappa shape index (κ3) is 5.99. The maximum absolute atomic E-state index is 12.4. The molecule has 6 nitrogen and oxygen atoms in total. The van der Waals surface area contributed by atoms with Gasteiger partial charge in [0.1, 0.15) is 0 Å². The van der Waals surface area contributed by atoms with Gasteiger partial charge >= 0.3 is 5.97 Å². The SMILES string of the molecule is Cc1ccc(CC(=O)OCC(=O)N[C@H](c2ccc3c(c2)OCCCO3)C(C)C)cc1. The molecule has 0 saturated heterocycles. The Labute approximate surface area is 177 Å². The number of rotatable bonds is 7. The van der Waals surface area contributed by atoms with E-state index < -0.39 is 5.97 Å². The molecule has 2 aromatic carbocycles. The monoisotopic (exact) mass is 411 g/mol. The third-order valence-electron chi connectivity index (χ3n) is 4.95. The quantitative estimate of drug-likeness (QED) is 0.703. The lowest BCUT2D eigenvalue weighted by atomic mass is 9.95. The van der Waals surface area contributed by atoms with Crippen LogP contribution in [0.5, 0.6) is 11.5 Å². The lowest BCUT2D eigenvalue weighted by Gasteiger charge is -2.24. The highest BCUT2D eigenvalue weighted by molar-refractivity contribution is 5.81. The van der Waals surface area contributed by atoms with Crippen molar-refractivity contribution in [3.63, 3.8) is 0 Å². The Morgan fingerprint density at radius 1 is 1.03 bits per heavy atom. The highest BCUT2D eigenvalue weighted by atomic mass is 16.5. The molecule has 1 N–H and O–H groups in total. The summed E-state index contributed by atoms with van der Waals surface area (Å²) in [4.78, 5) is 24.5. The maximum Gasteiger partial charge on any atom is 0.310 e. The van der Waals surface area contributed by atoms with Crippen LogP contribution in [0.3, 0.4) is 0 Å². The minimum Gasteiger partial charge on any atom is -0.490 e. The molecule has 1 aliphatic rings. The lowest BCUT2D eigenvalue weighted by molar-refractivity contribution is -0.148. The molecule has 0 saturated carbocycles. The number of hydrogen-bond acceptors (Lipinski definition) is 5. The molecule has 160 valence electrons. The zero-order valence-corrected chi connectivity index (χ0v) is 17.8.